The molecule has 2 unspecified atom stereocenters. The van der Waals surface area contributed by atoms with Crippen molar-refractivity contribution >= 4 is 5.91 Å². The normalized spacial score (nSPS) is 23.5. The SMILES string of the molecule is CCC(CN)C(=O)N(C)C1CCOC1. The molecule has 1 aliphatic heterocycles. The number of nitrogens with zero attached hydrogens (tertiary/aromatic N) is 1. The van der Waals surface area contributed by atoms with Crippen LogP contribution in [0.15, 0.2) is 0 Å². The number of amides is 1. The lowest BCUT2D eigenvalue weighted by Gasteiger charge is -2.26. The molecule has 0 saturated carbocycles. The molecule has 1 heterocycles. The minimum Gasteiger partial charge on any atom is -0.379 e. The van der Waals surface area contributed by atoms with E-state index in [1.54, 1.807) is 4.90 Å². The standard InChI is InChI=1S/C10H20N2O2/c1-3-8(6-11)10(13)12(2)9-4-5-14-7-9/h8-9H,3-7,11H2,1-2H3. The molecule has 1 rings (SSSR count). The minimum atomic E-state index is -0.0272. The van der Waals surface area contributed by atoms with Crippen LogP contribution in [0.5, 0.6) is 0 Å². The molecule has 0 radical (unpaired) electrons. The molecule has 82 valence electrons. The van der Waals surface area contributed by atoms with E-state index in [-0.39, 0.29) is 17.9 Å². The third-order valence-electron chi connectivity index (χ3n) is 2.93. The van der Waals surface area contributed by atoms with Crippen molar-refractivity contribution in [3.63, 3.8) is 0 Å². The Hall–Kier alpha value is -0.610. The summed E-state index contributed by atoms with van der Waals surface area (Å²) >= 11 is 0. The second kappa shape index (κ2) is 5.32. The second-order valence-corrected chi connectivity index (χ2v) is 3.81. The summed E-state index contributed by atoms with van der Waals surface area (Å²) in [5.74, 6) is 0.131. The maximum absolute atomic E-state index is 11.9. The number of rotatable bonds is 4. The van der Waals surface area contributed by atoms with Gasteiger partial charge in [0.1, 0.15) is 0 Å². The van der Waals surface area contributed by atoms with Gasteiger partial charge in [0, 0.05) is 20.2 Å². The average Bonchev–Trinajstić information content (AvgIpc) is 2.71. The second-order valence-electron chi connectivity index (χ2n) is 3.81. The van der Waals surface area contributed by atoms with Crippen LogP contribution in [0, 0.1) is 5.92 Å². The largest absolute Gasteiger partial charge is 0.379 e. The van der Waals surface area contributed by atoms with Gasteiger partial charge in [-0.05, 0) is 12.8 Å². The Bertz CT molecular complexity index is 187. The van der Waals surface area contributed by atoms with E-state index in [0.717, 1.165) is 19.4 Å². The van der Waals surface area contributed by atoms with Crippen LogP contribution in [0.3, 0.4) is 0 Å². The van der Waals surface area contributed by atoms with Crippen LogP contribution in [0.2, 0.25) is 0 Å². The molecule has 4 nitrogen and oxygen atoms in total. The van der Waals surface area contributed by atoms with Crippen molar-refractivity contribution in [2.24, 2.45) is 11.7 Å². The van der Waals surface area contributed by atoms with Crippen molar-refractivity contribution in [1.29, 1.82) is 0 Å². The van der Waals surface area contributed by atoms with E-state index >= 15 is 0 Å². The van der Waals surface area contributed by atoms with Crippen molar-refractivity contribution < 1.29 is 9.53 Å². The van der Waals surface area contributed by atoms with Crippen molar-refractivity contribution in [2.75, 3.05) is 26.8 Å². The number of carbonyl (C=O) groups is 1. The number of carbonyl (C=O) groups excluding carboxylic acids is 1. The summed E-state index contributed by atoms with van der Waals surface area (Å²) in [6.07, 6.45) is 1.76. The van der Waals surface area contributed by atoms with Crippen molar-refractivity contribution in [2.45, 2.75) is 25.8 Å². The van der Waals surface area contributed by atoms with Crippen LogP contribution in [-0.2, 0) is 9.53 Å². The number of likely N-dealkylation sites (N-methyl/N-ethyl adjacent to an activating group) is 1. The van der Waals surface area contributed by atoms with Gasteiger partial charge < -0.3 is 15.4 Å². The van der Waals surface area contributed by atoms with Gasteiger partial charge in [-0.25, -0.2) is 0 Å². The highest BCUT2D eigenvalue weighted by molar-refractivity contribution is 5.79. The fourth-order valence-electron chi connectivity index (χ4n) is 1.74. The van der Waals surface area contributed by atoms with Gasteiger partial charge in [0.05, 0.1) is 18.6 Å². The molecular weight excluding hydrogens is 180 g/mol. The Morgan fingerprint density at radius 3 is 2.86 bits per heavy atom. The predicted octanol–water partition coefficient (Wildman–Crippen LogP) is 0.219. The van der Waals surface area contributed by atoms with Crippen LogP contribution < -0.4 is 5.73 Å². The highest BCUT2D eigenvalue weighted by Crippen LogP contribution is 2.14. The summed E-state index contributed by atoms with van der Waals surface area (Å²) in [4.78, 5) is 13.7. The van der Waals surface area contributed by atoms with Gasteiger partial charge in [-0.1, -0.05) is 6.92 Å². The first kappa shape index (κ1) is 11.5. The van der Waals surface area contributed by atoms with E-state index in [2.05, 4.69) is 0 Å². The van der Waals surface area contributed by atoms with E-state index in [4.69, 9.17) is 10.5 Å². The van der Waals surface area contributed by atoms with Gasteiger partial charge in [-0.2, -0.15) is 0 Å². The van der Waals surface area contributed by atoms with Crippen LogP contribution in [0.4, 0.5) is 0 Å². The average molecular weight is 200 g/mol. The number of ether oxygens (including phenoxy) is 1. The van der Waals surface area contributed by atoms with Gasteiger partial charge in [-0.3, -0.25) is 4.79 Å². The fourth-order valence-corrected chi connectivity index (χ4v) is 1.74. The van der Waals surface area contributed by atoms with Crippen LogP contribution in [0.25, 0.3) is 0 Å². The van der Waals surface area contributed by atoms with Gasteiger partial charge in [0.15, 0.2) is 0 Å². The summed E-state index contributed by atoms with van der Waals surface area (Å²) < 4.78 is 5.25. The third-order valence-corrected chi connectivity index (χ3v) is 2.93. The molecule has 2 N–H and O–H groups in total. The van der Waals surface area contributed by atoms with Gasteiger partial charge in [0.25, 0.3) is 0 Å². The van der Waals surface area contributed by atoms with Crippen LogP contribution in [-0.4, -0.2) is 43.7 Å². The molecule has 1 aliphatic rings. The summed E-state index contributed by atoms with van der Waals surface area (Å²) in [6.45, 7) is 3.87. The lowest BCUT2D eigenvalue weighted by atomic mass is 10.0. The zero-order valence-electron chi connectivity index (χ0n) is 9.03. The lowest BCUT2D eigenvalue weighted by molar-refractivity contribution is -0.136. The topological polar surface area (TPSA) is 55.6 Å². The Balaban J connectivity index is 2.49. The monoisotopic (exact) mass is 200 g/mol. The molecule has 2 atom stereocenters. The Labute approximate surface area is 85.4 Å². The summed E-state index contributed by atoms with van der Waals surface area (Å²) in [5, 5.41) is 0. The Morgan fingerprint density at radius 2 is 2.43 bits per heavy atom. The molecule has 0 bridgehead atoms. The van der Waals surface area contributed by atoms with Crippen molar-refractivity contribution in [1.82, 2.24) is 4.90 Å². The molecule has 0 spiro atoms. The first-order valence-corrected chi connectivity index (χ1v) is 5.25. The zero-order valence-corrected chi connectivity index (χ0v) is 9.03. The minimum absolute atomic E-state index is 0.0272. The van der Waals surface area contributed by atoms with E-state index < -0.39 is 0 Å². The molecule has 1 saturated heterocycles. The smallest absolute Gasteiger partial charge is 0.227 e. The molecule has 0 aromatic rings. The van der Waals surface area contributed by atoms with Gasteiger partial charge in [0.2, 0.25) is 5.91 Å². The molecule has 14 heavy (non-hydrogen) atoms. The number of hydrogen-bond donors (Lipinski definition) is 1. The molecule has 4 heteroatoms. The molecule has 1 amide bonds. The maximum Gasteiger partial charge on any atom is 0.227 e. The molecular formula is C10H20N2O2. The number of hydrogen-bond acceptors (Lipinski definition) is 3. The van der Waals surface area contributed by atoms with E-state index in [1.165, 1.54) is 0 Å². The first-order valence-electron chi connectivity index (χ1n) is 5.25. The molecule has 0 aromatic carbocycles. The predicted molar refractivity (Wildman–Crippen MR) is 54.8 cm³/mol. The van der Waals surface area contributed by atoms with Crippen molar-refractivity contribution in [3.05, 3.63) is 0 Å². The van der Waals surface area contributed by atoms with Gasteiger partial charge >= 0.3 is 0 Å². The molecule has 0 aliphatic carbocycles. The first-order chi connectivity index (χ1) is 6.70. The summed E-state index contributed by atoms with van der Waals surface area (Å²) in [6, 6.07) is 0.253. The van der Waals surface area contributed by atoms with E-state index in [0.29, 0.717) is 13.2 Å². The van der Waals surface area contributed by atoms with Crippen molar-refractivity contribution in [3.8, 4) is 0 Å². The van der Waals surface area contributed by atoms with E-state index in [1.807, 2.05) is 14.0 Å². The Kier molecular flexibility index (Phi) is 4.35. The van der Waals surface area contributed by atoms with Crippen LogP contribution >= 0.6 is 0 Å². The fraction of sp³-hybridized carbons (Fsp3) is 0.900. The number of nitrogens with two attached hydrogens (primary N) is 1. The highest BCUT2D eigenvalue weighted by atomic mass is 16.5. The quantitative estimate of drug-likeness (QED) is 0.706. The maximum atomic E-state index is 11.9. The highest BCUT2D eigenvalue weighted by Gasteiger charge is 2.27. The Morgan fingerprint density at radius 1 is 1.71 bits per heavy atom. The lowest BCUT2D eigenvalue weighted by Crippen LogP contribution is -2.42. The zero-order chi connectivity index (χ0) is 10.6. The summed E-state index contributed by atoms with van der Waals surface area (Å²) in [5.41, 5.74) is 5.54. The van der Waals surface area contributed by atoms with Gasteiger partial charge in [-0.15, -0.1) is 0 Å². The van der Waals surface area contributed by atoms with E-state index in [9.17, 15) is 4.79 Å². The molecule has 1 fully saturated rings. The summed E-state index contributed by atoms with van der Waals surface area (Å²) in [7, 11) is 1.85. The third kappa shape index (κ3) is 2.45. The van der Waals surface area contributed by atoms with Crippen LogP contribution in [0.1, 0.15) is 19.8 Å². The molecule has 0 aromatic heterocycles.